The number of likely N-dealkylation sites (tertiary alicyclic amines) is 1. The lowest BCUT2D eigenvalue weighted by Gasteiger charge is -2.64. The van der Waals surface area contributed by atoms with Crippen molar-refractivity contribution in [1.29, 1.82) is 0 Å². The first-order valence-electron chi connectivity index (χ1n) is 14.4. The van der Waals surface area contributed by atoms with E-state index in [1.165, 1.54) is 45.2 Å². The summed E-state index contributed by atoms with van der Waals surface area (Å²) >= 11 is 0. The third-order valence-corrected chi connectivity index (χ3v) is 12.0. The number of fused-ring (bicyclic) bond motifs is 5. The molecule has 35 heavy (non-hydrogen) atoms. The Labute approximate surface area is 210 Å². The number of hydrogen-bond donors (Lipinski definition) is 2. The van der Waals surface area contributed by atoms with E-state index < -0.39 is 16.6 Å². The van der Waals surface area contributed by atoms with Gasteiger partial charge in [0.2, 0.25) is 0 Å². The molecule has 1 aliphatic heterocycles. The van der Waals surface area contributed by atoms with Crippen LogP contribution in [0.3, 0.4) is 0 Å². The van der Waals surface area contributed by atoms with Crippen molar-refractivity contribution in [3.8, 4) is 0 Å². The predicted molar refractivity (Wildman–Crippen MR) is 135 cm³/mol. The van der Waals surface area contributed by atoms with Crippen LogP contribution in [0.1, 0.15) is 90.0 Å². The molecule has 4 saturated carbocycles. The Balaban J connectivity index is 1.16. The summed E-state index contributed by atoms with van der Waals surface area (Å²) in [7, 11) is 0. The Bertz CT molecular complexity index is 910. The van der Waals surface area contributed by atoms with Gasteiger partial charge in [-0.25, -0.2) is 0 Å². The van der Waals surface area contributed by atoms with Crippen molar-refractivity contribution in [3.63, 3.8) is 0 Å². The van der Waals surface area contributed by atoms with Crippen LogP contribution < -0.4 is 0 Å². The normalized spacial score (nSPS) is 47.8. The average Bonchev–Trinajstić information content (AvgIpc) is 3.46. The summed E-state index contributed by atoms with van der Waals surface area (Å²) in [5.41, 5.74) is -1.33. The molecule has 8 atom stereocenters. The summed E-state index contributed by atoms with van der Waals surface area (Å²) in [5, 5.41) is 32.4. The fourth-order valence-electron chi connectivity index (χ4n) is 9.71. The molecule has 6 rings (SSSR count). The lowest BCUT2D eigenvalue weighted by Crippen LogP contribution is -2.64. The van der Waals surface area contributed by atoms with Gasteiger partial charge in [-0.2, -0.15) is 10.2 Å². The highest BCUT2D eigenvalue weighted by atomic mass is 16.5. The molecule has 1 aromatic rings. The molecule has 5 aliphatic rings. The molecular formula is C29H45N3O3. The second-order valence-electron chi connectivity index (χ2n) is 13.1. The van der Waals surface area contributed by atoms with Crippen LogP contribution in [-0.4, -0.2) is 63.3 Å². The lowest BCUT2D eigenvalue weighted by atomic mass is 9.43. The van der Waals surface area contributed by atoms with E-state index in [0.29, 0.717) is 30.8 Å². The van der Waals surface area contributed by atoms with Crippen LogP contribution in [0.15, 0.2) is 18.5 Å². The summed E-state index contributed by atoms with van der Waals surface area (Å²) in [6.07, 6.45) is 15.5. The summed E-state index contributed by atoms with van der Waals surface area (Å²) in [5.74, 6) is 1.48. The first-order chi connectivity index (χ1) is 16.8. The summed E-state index contributed by atoms with van der Waals surface area (Å²) < 4.78 is 6.42. The van der Waals surface area contributed by atoms with E-state index in [1.807, 2.05) is 6.07 Å². The molecule has 0 bridgehead atoms. The van der Waals surface area contributed by atoms with Crippen LogP contribution in [-0.2, 0) is 10.3 Å². The lowest BCUT2D eigenvalue weighted by molar-refractivity contribution is -0.239. The van der Waals surface area contributed by atoms with E-state index >= 15 is 0 Å². The molecule has 6 heteroatoms. The van der Waals surface area contributed by atoms with Gasteiger partial charge in [0, 0.05) is 23.7 Å². The SMILES string of the molecule is C[C@]12CC[C@H](OCCN3CCCC3)C[C@H]1CC[C@@H]1[C@@H]2CC[C@]2(C)[C@](O)(c3ccnnc3)CC[C@]12O. The molecule has 6 nitrogen and oxygen atoms in total. The minimum atomic E-state index is -1.04. The molecule has 0 unspecified atom stereocenters. The van der Waals surface area contributed by atoms with Crippen LogP contribution in [0.2, 0.25) is 0 Å². The topological polar surface area (TPSA) is 78.7 Å². The van der Waals surface area contributed by atoms with Crippen LogP contribution in [0.25, 0.3) is 0 Å². The number of ether oxygens (including phenoxy) is 1. The first-order valence-corrected chi connectivity index (χ1v) is 14.4. The van der Waals surface area contributed by atoms with E-state index in [-0.39, 0.29) is 11.3 Å². The second kappa shape index (κ2) is 8.75. The second-order valence-corrected chi connectivity index (χ2v) is 13.1. The van der Waals surface area contributed by atoms with E-state index in [4.69, 9.17) is 4.74 Å². The smallest absolute Gasteiger partial charge is 0.0994 e. The molecule has 1 saturated heterocycles. The molecule has 1 aromatic heterocycles. The van der Waals surface area contributed by atoms with E-state index in [2.05, 4.69) is 28.9 Å². The Morgan fingerprint density at radius 3 is 2.57 bits per heavy atom. The zero-order chi connectivity index (χ0) is 24.3. The quantitative estimate of drug-likeness (QED) is 0.650. The van der Waals surface area contributed by atoms with Crippen molar-refractivity contribution in [1.82, 2.24) is 15.1 Å². The predicted octanol–water partition coefficient (Wildman–Crippen LogP) is 4.30. The Morgan fingerprint density at radius 1 is 0.971 bits per heavy atom. The molecule has 0 amide bonds. The molecule has 2 heterocycles. The summed E-state index contributed by atoms with van der Waals surface area (Å²) in [4.78, 5) is 2.54. The Morgan fingerprint density at radius 2 is 1.80 bits per heavy atom. The molecule has 0 radical (unpaired) electrons. The van der Waals surface area contributed by atoms with Crippen molar-refractivity contribution in [2.45, 2.75) is 102 Å². The molecule has 5 fully saturated rings. The Kier molecular flexibility index (Phi) is 6.07. The standard InChI is InChI=1S/C29H45N3O3/c1-26-10-7-23(35-18-17-32-15-3-4-16-32)19-21(26)5-6-25-24(26)8-11-27(2)28(33,12-13-29(25,27)34)22-9-14-30-31-20-22/h9,14,20-21,23-25,33-34H,3-8,10-13,15-19H2,1-2H3/t21-,23+,24+,25-,26+,27-,28-,29+/m1/s1. The molecule has 0 aromatic carbocycles. The first kappa shape index (κ1) is 24.3. The summed E-state index contributed by atoms with van der Waals surface area (Å²) in [6, 6.07) is 1.89. The van der Waals surface area contributed by atoms with Gasteiger partial charge in [0.15, 0.2) is 0 Å². The highest BCUT2D eigenvalue weighted by Crippen LogP contribution is 2.71. The third-order valence-electron chi connectivity index (χ3n) is 12.0. The molecule has 194 valence electrons. The van der Waals surface area contributed by atoms with Crippen molar-refractivity contribution >= 4 is 0 Å². The van der Waals surface area contributed by atoms with Crippen molar-refractivity contribution < 1.29 is 14.9 Å². The zero-order valence-corrected chi connectivity index (χ0v) is 21.8. The van der Waals surface area contributed by atoms with E-state index in [1.54, 1.807) is 12.4 Å². The number of nitrogens with zero attached hydrogens (tertiary/aromatic N) is 3. The number of aliphatic hydroxyl groups is 2. The molecule has 0 spiro atoms. The highest BCUT2D eigenvalue weighted by Gasteiger charge is 2.72. The maximum Gasteiger partial charge on any atom is 0.0994 e. The van der Waals surface area contributed by atoms with E-state index in [0.717, 1.165) is 44.4 Å². The largest absolute Gasteiger partial charge is 0.389 e. The van der Waals surface area contributed by atoms with Gasteiger partial charge in [-0.1, -0.05) is 13.8 Å². The number of aromatic nitrogens is 2. The van der Waals surface area contributed by atoms with Crippen LogP contribution in [0.5, 0.6) is 0 Å². The van der Waals surface area contributed by atoms with Gasteiger partial charge < -0.3 is 19.8 Å². The molecule has 4 aliphatic carbocycles. The fraction of sp³-hybridized carbons (Fsp3) is 0.862. The van der Waals surface area contributed by atoms with Crippen molar-refractivity contribution in [2.75, 3.05) is 26.2 Å². The van der Waals surface area contributed by atoms with Crippen molar-refractivity contribution in [3.05, 3.63) is 24.0 Å². The van der Waals surface area contributed by atoms with Gasteiger partial charge in [0.25, 0.3) is 0 Å². The fourth-order valence-corrected chi connectivity index (χ4v) is 9.71. The van der Waals surface area contributed by atoms with Crippen molar-refractivity contribution in [2.24, 2.45) is 28.6 Å². The minimum Gasteiger partial charge on any atom is -0.389 e. The third kappa shape index (κ3) is 3.57. The maximum absolute atomic E-state index is 12.4. The highest BCUT2D eigenvalue weighted by molar-refractivity contribution is 5.30. The van der Waals surface area contributed by atoms with Gasteiger partial charge in [-0.15, -0.1) is 0 Å². The molecule has 2 N–H and O–H groups in total. The van der Waals surface area contributed by atoms with Gasteiger partial charge in [-0.05, 0) is 113 Å². The number of rotatable bonds is 5. The zero-order valence-electron chi connectivity index (χ0n) is 21.8. The number of hydrogen-bond acceptors (Lipinski definition) is 6. The van der Waals surface area contributed by atoms with Gasteiger partial charge in [0.05, 0.1) is 30.1 Å². The Hall–Kier alpha value is -1.08. The van der Waals surface area contributed by atoms with Gasteiger partial charge in [0.1, 0.15) is 0 Å². The summed E-state index contributed by atoms with van der Waals surface area (Å²) in [6.45, 7) is 9.12. The van der Waals surface area contributed by atoms with Crippen LogP contribution in [0, 0.1) is 28.6 Å². The van der Waals surface area contributed by atoms with E-state index in [9.17, 15) is 10.2 Å². The average molecular weight is 484 g/mol. The molecular weight excluding hydrogens is 438 g/mol. The van der Waals surface area contributed by atoms with Gasteiger partial charge in [-0.3, -0.25) is 0 Å². The van der Waals surface area contributed by atoms with Crippen LogP contribution >= 0.6 is 0 Å². The minimum absolute atomic E-state index is 0.263. The van der Waals surface area contributed by atoms with Crippen LogP contribution in [0.4, 0.5) is 0 Å². The monoisotopic (exact) mass is 483 g/mol. The van der Waals surface area contributed by atoms with Gasteiger partial charge >= 0.3 is 0 Å². The maximum atomic E-state index is 12.4.